The van der Waals surface area contributed by atoms with Crippen molar-refractivity contribution in [1.82, 2.24) is 0 Å². The Morgan fingerprint density at radius 1 is 1.00 bits per heavy atom. The zero-order valence-electron chi connectivity index (χ0n) is 13.1. The molecule has 0 amide bonds. The maximum absolute atomic E-state index is 5.18. The maximum atomic E-state index is 5.18. The predicted molar refractivity (Wildman–Crippen MR) is 121 cm³/mol. The fraction of sp³-hybridized carbons (Fsp3) is 0.200. The molecule has 2 bridgehead atoms. The minimum Gasteiger partial charge on any atom is -0.497 e. The van der Waals surface area contributed by atoms with Gasteiger partial charge < -0.3 is 9.47 Å². The molecule has 0 aliphatic carbocycles. The minimum absolute atomic E-state index is 0. The van der Waals surface area contributed by atoms with Gasteiger partial charge in [-0.05, 0) is 41.6 Å². The first kappa shape index (κ1) is 31.0. The average Bonchev–Trinajstić information content (AvgIpc) is 2.78. The van der Waals surface area contributed by atoms with Crippen LogP contribution in [0.15, 0.2) is 48.5 Å². The fourth-order valence-corrected chi connectivity index (χ4v) is 1.93. The third-order valence-corrected chi connectivity index (χ3v) is 3.17. The van der Waals surface area contributed by atoms with E-state index >= 15 is 0 Å². The molecule has 0 aromatic heterocycles. The third kappa shape index (κ3) is 10.6. The molecule has 3 rings (SSSR count). The number of methoxy groups -OCH3 is 1. The first-order valence-corrected chi connectivity index (χ1v) is 6.68. The summed E-state index contributed by atoms with van der Waals surface area (Å²) < 4.78 is 10.2. The van der Waals surface area contributed by atoms with Crippen molar-refractivity contribution in [2.24, 2.45) is 0 Å². The highest BCUT2D eigenvalue weighted by molar-refractivity contribution is 7.15. The van der Waals surface area contributed by atoms with Gasteiger partial charge >= 0.3 is 0 Å². The van der Waals surface area contributed by atoms with E-state index in [-0.39, 0.29) is 57.0 Å². The second-order valence-corrected chi connectivity index (χ2v) is 4.40. The molecule has 0 radical (unpaired) electrons. The molecule has 1 aliphatic rings. The smallest absolute Gasteiger partial charge is 0.120 e. The monoisotopic (exact) mass is 436 g/mol. The van der Waals surface area contributed by atoms with E-state index in [2.05, 4.69) is 33.5 Å². The number of halogens is 3. The molecule has 2 aromatic carbocycles. The van der Waals surface area contributed by atoms with Crippen LogP contribution in [0.25, 0.3) is 0 Å². The molecule has 2 aromatic rings. The Hall–Kier alpha value is 0.200. The van der Waals surface area contributed by atoms with Crippen molar-refractivity contribution in [3.8, 4) is 11.5 Å². The van der Waals surface area contributed by atoms with Crippen molar-refractivity contribution in [3.05, 3.63) is 59.7 Å². The van der Waals surface area contributed by atoms with Gasteiger partial charge in [-0.15, -0.1) is 46.5 Å². The SMILES string of the molecule is COc1ccc(CP)cc1.Cl.Cl.Cl.P.P.c1cc2cc(c1)OC2. The zero-order chi connectivity index (χ0) is 12.8. The van der Waals surface area contributed by atoms with Gasteiger partial charge in [-0.1, -0.05) is 24.3 Å². The van der Waals surface area contributed by atoms with Crippen LogP contribution in [0.5, 0.6) is 11.5 Å². The Labute approximate surface area is 166 Å². The number of benzene rings is 2. The van der Waals surface area contributed by atoms with E-state index in [0.717, 1.165) is 24.3 Å². The Balaban J connectivity index is -0.000000130. The first-order valence-electron chi connectivity index (χ1n) is 5.86. The maximum Gasteiger partial charge on any atom is 0.120 e. The number of rotatable bonds is 2. The summed E-state index contributed by atoms with van der Waals surface area (Å²) in [4.78, 5) is 0. The number of fused-ring (bicyclic) bond motifs is 2. The van der Waals surface area contributed by atoms with Crippen LogP contribution in [0.2, 0.25) is 0 Å². The van der Waals surface area contributed by atoms with Crippen LogP contribution in [-0.2, 0) is 12.8 Å². The normalized spacial score (nSPS) is 8.78. The molecule has 0 fully saturated rings. The third-order valence-electron chi connectivity index (χ3n) is 2.70. The van der Waals surface area contributed by atoms with Crippen LogP contribution in [-0.4, -0.2) is 7.11 Å². The lowest BCUT2D eigenvalue weighted by molar-refractivity contribution is 0.328. The number of hydrogen-bond acceptors (Lipinski definition) is 2. The van der Waals surface area contributed by atoms with Crippen LogP contribution in [0.1, 0.15) is 11.1 Å². The van der Waals surface area contributed by atoms with Crippen LogP contribution in [0.3, 0.4) is 0 Å². The Bertz CT molecular complexity index is 471. The van der Waals surface area contributed by atoms with E-state index in [4.69, 9.17) is 9.47 Å². The summed E-state index contributed by atoms with van der Waals surface area (Å²) in [5.74, 6) is 1.92. The molecule has 3 atom stereocenters. The number of hydrogen-bond donors (Lipinski definition) is 0. The molecule has 134 valence electrons. The van der Waals surface area contributed by atoms with E-state index < -0.39 is 0 Å². The summed E-state index contributed by atoms with van der Waals surface area (Å²) in [5.41, 5.74) is 2.59. The molecule has 1 heterocycles. The van der Waals surface area contributed by atoms with Gasteiger partial charge in [0.1, 0.15) is 18.1 Å². The molecule has 0 spiro atoms. The molecule has 2 nitrogen and oxygen atoms in total. The zero-order valence-corrected chi connectivity index (χ0v) is 19.5. The largest absolute Gasteiger partial charge is 0.497 e. The summed E-state index contributed by atoms with van der Waals surface area (Å²) in [5, 5.41) is 0. The van der Waals surface area contributed by atoms with Gasteiger partial charge in [-0.3, -0.25) is 0 Å². The van der Waals surface area contributed by atoms with Gasteiger partial charge in [0, 0.05) is 0 Å². The van der Waals surface area contributed by atoms with Crippen molar-refractivity contribution in [1.29, 1.82) is 0 Å². The van der Waals surface area contributed by atoms with Crippen LogP contribution in [0, 0.1) is 0 Å². The lowest BCUT2D eigenvalue weighted by Crippen LogP contribution is -1.82. The Kier molecular flexibility index (Phi) is 23.0. The second-order valence-electron chi connectivity index (χ2n) is 3.99. The quantitative estimate of drug-likeness (QED) is 0.614. The van der Waals surface area contributed by atoms with Crippen LogP contribution >= 0.6 is 66.3 Å². The van der Waals surface area contributed by atoms with Crippen LogP contribution < -0.4 is 9.47 Å². The Morgan fingerprint density at radius 2 is 1.61 bits per heavy atom. The molecule has 1 aliphatic heterocycles. The summed E-state index contributed by atoms with van der Waals surface area (Å²) in [6.07, 6.45) is 1.00. The van der Waals surface area contributed by atoms with Crippen molar-refractivity contribution >= 4 is 66.3 Å². The van der Waals surface area contributed by atoms with Crippen molar-refractivity contribution in [2.75, 3.05) is 7.11 Å². The highest BCUT2D eigenvalue weighted by atomic mass is 35.5. The Morgan fingerprint density at radius 3 is 2.04 bits per heavy atom. The van der Waals surface area contributed by atoms with Gasteiger partial charge in [0.2, 0.25) is 0 Å². The van der Waals surface area contributed by atoms with Crippen molar-refractivity contribution in [2.45, 2.75) is 12.8 Å². The lowest BCUT2D eigenvalue weighted by atomic mass is 10.2. The van der Waals surface area contributed by atoms with E-state index in [1.54, 1.807) is 7.11 Å². The van der Waals surface area contributed by atoms with Crippen molar-refractivity contribution < 1.29 is 9.47 Å². The molecule has 0 saturated heterocycles. The standard InChI is InChI=1S/C8H11OP.C7H6O.3ClH.2H3P/c1-9-8-4-2-7(6-10)3-5-8;1-2-6-4-7(3-1)8-5-6;;;;;/h2-5H,6,10H2,1H3;1-4H,5H2;3*1H;2*1H3. The van der Waals surface area contributed by atoms with E-state index in [0.29, 0.717) is 0 Å². The predicted octanol–water partition coefficient (Wildman–Crippen LogP) is 5.03. The van der Waals surface area contributed by atoms with Gasteiger partial charge in [0.15, 0.2) is 0 Å². The minimum atomic E-state index is 0. The first-order chi connectivity index (χ1) is 8.81. The summed E-state index contributed by atoms with van der Waals surface area (Å²) in [7, 11) is 4.36. The second kappa shape index (κ2) is 17.0. The fourth-order valence-electron chi connectivity index (χ4n) is 1.65. The molecular weight excluding hydrogens is 411 g/mol. The van der Waals surface area contributed by atoms with Gasteiger partial charge in [-0.25, -0.2) is 0 Å². The summed E-state index contributed by atoms with van der Waals surface area (Å²) >= 11 is 0. The van der Waals surface area contributed by atoms with E-state index in [1.807, 2.05) is 24.3 Å². The summed E-state index contributed by atoms with van der Waals surface area (Å²) in [6, 6.07) is 16.2. The molecule has 23 heavy (non-hydrogen) atoms. The average molecular weight is 438 g/mol. The number of ether oxygens (including phenoxy) is 2. The highest BCUT2D eigenvalue weighted by Gasteiger charge is 2.03. The molecule has 0 saturated carbocycles. The molecular formula is C15H26Cl3O2P3. The molecule has 3 unspecified atom stereocenters. The summed E-state index contributed by atoms with van der Waals surface area (Å²) in [6.45, 7) is 0.766. The van der Waals surface area contributed by atoms with Gasteiger partial charge in [0.25, 0.3) is 0 Å². The molecule has 0 N–H and O–H groups in total. The van der Waals surface area contributed by atoms with Gasteiger partial charge in [0.05, 0.1) is 7.11 Å². The molecule has 8 heteroatoms. The topological polar surface area (TPSA) is 18.5 Å². The van der Waals surface area contributed by atoms with E-state index in [1.165, 1.54) is 11.1 Å². The van der Waals surface area contributed by atoms with Crippen molar-refractivity contribution in [3.63, 3.8) is 0 Å². The highest BCUT2D eigenvalue weighted by Crippen LogP contribution is 2.20. The lowest BCUT2D eigenvalue weighted by Gasteiger charge is -1.99. The van der Waals surface area contributed by atoms with Gasteiger partial charge in [-0.2, -0.15) is 19.8 Å². The van der Waals surface area contributed by atoms with E-state index in [9.17, 15) is 0 Å². The van der Waals surface area contributed by atoms with Crippen LogP contribution in [0.4, 0.5) is 0 Å².